The van der Waals surface area contributed by atoms with Gasteiger partial charge < -0.3 is 5.11 Å². The van der Waals surface area contributed by atoms with Crippen LogP contribution in [0.2, 0.25) is 0 Å². The minimum atomic E-state index is -3.29. The fourth-order valence-electron chi connectivity index (χ4n) is 0.942. The second-order valence-electron chi connectivity index (χ2n) is 4.98. The third kappa shape index (κ3) is 5.63. The summed E-state index contributed by atoms with van der Waals surface area (Å²) in [5.74, 6) is -1.91. The summed E-state index contributed by atoms with van der Waals surface area (Å²) >= 11 is 0. The third-order valence-electron chi connectivity index (χ3n) is 2.37. The monoisotopic (exact) mass is 284 g/mol. The van der Waals surface area contributed by atoms with Crippen molar-refractivity contribution >= 4 is 26.6 Å². The lowest BCUT2D eigenvalue weighted by atomic mass is 10.2. The molecule has 0 saturated carbocycles. The van der Waals surface area contributed by atoms with E-state index in [9.17, 15) is 17.4 Å². The summed E-state index contributed by atoms with van der Waals surface area (Å²) < 4.78 is 34.1. The van der Waals surface area contributed by atoms with E-state index in [2.05, 4.69) is 0 Å². The van der Waals surface area contributed by atoms with Crippen molar-refractivity contribution in [3.8, 4) is 0 Å². The number of carboxylic acids is 1. The van der Waals surface area contributed by atoms with Crippen LogP contribution in [0.5, 0.6) is 0 Å². The molecule has 0 aliphatic heterocycles. The van der Waals surface area contributed by atoms with Crippen molar-refractivity contribution in [1.29, 1.82) is 0 Å². The van der Waals surface area contributed by atoms with Gasteiger partial charge in [0.05, 0.1) is 16.4 Å². The van der Waals surface area contributed by atoms with Gasteiger partial charge in [0.2, 0.25) is 0 Å². The molecule has 0 bridgehead atoms. The fourth-order valence-corrected chi connectivity index (χ4v) is 4.04. The lowest BCUT2D eigenvalue weighted by Gasteiger charge is -2.18. The predicted molar refractivity (Wildman–Crippen MR) is 68.2 cm³/mol. The molecule has 0 heterocycles. The van der Waals surface area contributed by atoms with Gasteiger partial charge in [0.1, 0.15) is 0 Å². The van der Waals surface area contributed by atoms with Crippen LogP contribution in [0, 0.1) is 5.92 Å². The largest absolute Gasteiger partial charge is 0.481 e. The Morgan fingerprint density at radius 3 is 2.18 bits per heavy atom. The number of carbonyl (C=O) groups is 1. The molecular weight excluding hydrogens is 264 g/mol. The maximum atomic E-state index is 11.7. The molecular formula is C10H20O5S2. The SMILES string of the molecule is CC(CS(=O)CCS(=O)(=O)C(C)(C)C)C(=O)O. The van der Waals surface area contributed by atoms with Crippen LogP contribution in [0.1, 0.15) is 27.7 Å². The van der Waals surface area contributed by atoms with E-state index in [1.54, 1.807) is 20.8 Å². The minimum Gasteiger partial charge on any atom is -0.481 e. The molecule has 0 fully saturated rings. The molecule has 17 heavy (non-hydrogen) atoms. The Kier molecular flexibility index (Phi) is 5.80. The van der Waals surface area contributed by atoms with Crippen LogP contribution in [0.4, 0.5) is 0 Å². The number of rotatable bonds is 6. The van der Waals surface area contributed by atoms with Gasteiger partial charge in [-0.2, -0.15) is 0 Å². The van der Waals surface area contributed by atoms with Crippen LogP contribution < -0.4 is 0 Å². The number of sulfone groups is 1. The van der Waals surface area contributed by atoms with Crippen molar-refractivity contribution in [2.24, 2.45) is 5.92 Å². The highest BCUT2D eigenvalue weighted by atomic mass is 32.2. The second kappa shape index (κ2) is 5.95. The Labute approximate surface area is 105 Å². The molecule has 0 aromatic carbocycles. The Balaban J connectivity index is 4.33. The normalized spacial score (nSPS) is 16.5. The van der Waals surface area contributed by atoms with Crippen LogP contribution in [0.15, 0.2) is 0 Å². The summed E-state index contributed by atoms with van der Waals surface area (Å²) in [5.41, 5.74) is 0. The first-order chi connectivity index (χ1) is 7.47. The van der Waals surface area contributed by atoms with E-state index in [0.29, 0.717) is 0 Å². The van der Waals surface area contributed by atoms with E-state index < -0.39 is 37.3 Å². The van der Waals surface area contributed by atoms with Crippen LogP contribution in [0.3, 0.4) is 0 Å². The number of carboxylic acid groups (broad SMARTS) is 1. The lowest BCUT2D eigenvalue weighted by Crippen LogP contribution is -2.33. The van der Waals surface area contributed by atoms with Crippen molar-refractivity contribution < 1.29 is 22.5 Å². The molecule has 0 aromatic rings. The van der Waals surface area contributed by atoms with Gasteiger partial charge >= 0.3 is 5.97 Å². The minimum absolute atomic E-state index is 0.00275. The van der Waals surface area contributed by atoms with E-state index in [1.807, 2.05) is 0 Å². The van der Waals surface area contributed by atoms with Crippen LogP contribution in [0.25, 0.3) is 0 Å². The first kappa shape index (κ1) is 16.6. The first-order valence-electron chi connectivity index (χ1n) is 5.27. The van der Waals surface area contributed by atoms with E-state index in [-0.39, 0.29) is 17.3 Å². The molecule has 102 valence electrons. The molecule has 1 N–H and O–H groups in total. The van der Waals surface area contributed by atoms with Crippen molar-refractivity contribution in [3.63, 3.8) is 0 Å². The Bertz CT molecular complexity index is 391. The molecule has 2 atom stereocenters. The molecule has 0 rings (SSSR count). The van der Waals surface area contributed by atoms with Gasteiger partial charge in [-0.1, -0.05) is 6.92 Å². The van der Waals surface area contributed by atoms with E-state index >= 15 is 0 Å². The Hall–Kier alpha value is -0.430. The quantitative estimate of drug-likeness (QED) is 0.774. The fraction of sp³-hybridized carbons (Fsp3) is 0.900. The average Bonchev–Trinajstić information content (AvgIpc) is 2.12. The zero-order valence-electron chi connectivity index (χ0n) is 10.6. The maximum Gasteiger partial charge on any atom is 0.307 e. The van der Waals surface area contributed by atoms with E-state index in [4.69, 9.17) is 5.11 Å². The summed E-state index contributed by atoms with van der Waals surface area (Å²) in [6.45, 7) is 6.22. The van der Waals surface area contributed by atoms with Crippen LogP contribution >= 0.6 is 0 Å². The molecule has 0 saturated heterocycles. The predicted octanol–water partition coefficient (Wildman–Crippen LogP) is 0.669. The topological polar surface area (TPSA) is 88.5 Å². The molecule has 0 aliphatic carbocycles. The van der Waals surface area contributed by atoms with E-state index in [1.165, 1.54) is 6.92 Å². The van der Waals surface area contributed by atoms with Crippen molar-refractivity contribution in [3.05, 3.63) is 0 Å². The first-order valence-corrected chi connectivity index (χ1v) is 8.41. The van der Waals surface area contributed by atoms with Crippen LogP contribution in [-0.4, -0.2) is 45.7 Å². The zero-order valence-corrected chi connectivity index (χ0v) is 12.2. The molecule has 2 unspecified atom stereocenters. The second-order valence-corrected chi connectivity index (χ2v) is 9.46. The molecule has 5 nitrogen and oxygen atoms in total. The van der Waals surface area contributed by atoms with Crippen molar-refractivity contribution in [2.45, 2.75) is 32.4 Å². The van der Waals surface area contributed by atoms with Gasteiger partial charge in [-0.15, -0.1) is 0 Å². The lowest BCUT2D eigenvalue weighted by molar-refractivity contribution is -0.140. The molecule has 0 spiro atoms. The summed E-state index contributed by atoms with van der Waals surface area (Å²) in [6, 6.07) is 0. The van der Waals surface area contributed by atoms with Crippen LogP contribution in [-0.2, 0) is 25.4 Å². The Morgan fingerprint density at radius 1 is 1.35 bits per heavy atom. The summed E-state index contributed by atoms with van der Waals surface area (Å²) in [5, 5.41) is 8.64. The number of aliphatic carboxylic acids is 1. The van der Waals surface area contributed by atoms with Gasteiger partial charge in [0.25, 0.3) is 0 Å². The molecule has 7 heteroatoms. The Morgan fingerprint density at radius 2 is 1.82 bits per heavy atom. The summed E-state index contributed by atoms with van der Waals surface area (Å²) in [7, 11) is -4.70. The van der Waals surface area contributed by atoms with Gasteiger partial charge in [-0.25, -0.2) is 8.42 Å². The molecule has 0 amide bonds. The smallest absolute Gasteiger partial charge is 0.307 e. The highest BCUT2D eigenvalue weighted by molar-refractivity contribution is 7.94. The molecule has 0 radical (unpaired) electrons. The number of hydrogen-bond acceptors (Lipinski definition) is 4. The third-order valence-corrected chi connectivity index (χ3v) is 6.77. The van der Waals surface area contributed by atoms with Gasteiger partial charge in [-0.3, -0.25) is 9.00 Å². The highest BCUT2D eigenvalue weighted by Gasteiger charge is 2.29. The van der Waals surface area contributed by atoms with Gasteiger partial charge in [0, 0.05) is 22.3 Å². The van der Waals surface area contributed by atoms with Crippen molar-refractivity contribution in [2.75, 3.05) is 17.3 Å². The summed E-state index contributed by atoms with van der Waals surface area (Å²) in [6.07, 6.45) is 0. The molecule has 0 aromatic heterocycles. The van der Waals surface area contributed by atoms with Crippen molar-refractivity contribution in [1.82, 2.24) is 0 Å². The summed E-state index contributed by atoms with van der Waals surface area (Å²) in [4.78, 5) is 10.5. The standard InChI is InChI=1S/C10H20O5S2/c1-8(9(11)12)7-16(13)5-6-17(14,15)10(2,3)4/h8H,5-7H2,1-4H3,(H,11,12). The van der Waals surface area contributed by atoms with Gasteiger partial charge in [-0.05, 0) is 20.8 Å². The average molecular weight is 284 g/mol. The maximum absolute atomic E-state index is 11.7. The molecule has 0 aliphatic rings. The van der Waals surface area contributed by atoms with Gasteiger partial charge in [0.15, 0.2) is 9.84 Å². The highest BCUT2D eigenvalue weighted by Crippen LogP contribution is 2.16. The number of hydrogen-bond donors (Lipinski definition) is 1. The van der Waals surface area contributed by atoms with E-state index in [0.717, 1.165) is 0 Å². The zero-order chi connectivity index (χ0) is 13.9.